The molecule has 0 heterocycles. The van der Waals surface area contributed by atoms with E-state index >= 15 is 0 Å². The van der Waals surface area contributed by atoms with E-state index in [4.69, 9.17) is 9.30 Å². The van der Waals surface area contributed by atoms with Crippen molar-refractivity contribution in [1.82, 2.24) is 0 Å². The van der Waals surface area contributed by atoms with Crippen LogP contribution >= 0.6 is 0 Å². The maximum absolute atomic E-state index is 9.75. The van der Waals surface area contributed by atoms with Crippen LogP contribution in [0.25, 0.3) is 0 Å². The third-order valence-electron chi connectivity index (χ3n) is 0.556. The van der Waals surface area contributed by atoms with E-state index < -0.39 is 7.25 Å². The van der Waals surface area contributed by atoms with Crippen LogP contribution in [0.1, 0.15) is 0 Å². The van der Waals surface area contributed by atoms with Gasteiger partial charge in [-0.2, -0.15) is 0 Å². The van der Waals surface area contributed by atoms with Crippen molar-refractivity contribution >= 4 is 7.25 Å². The second kappa shape index (κ2) is 30.1. The maximum Gasteiger partial charge on any atom is 0 e. The Morgan fingerprint density at radius 1 is 0.778 bits per heavy atom. The van der Waals surface area contributed by atoms with Gasteiger partial charge in [0.2, 0.25) is 0 Å². The van der Waals surface area contributed by atoms with Gasteiger partial charge in [0.25, 0.3) is 0 Å². The zero-order valence-corrected chi connectivity index (χ0v) is 10.3. The van der Waals surface area contributed by atoms with Gasteiger partial charge < -0.3 is 17.3 Å². The second-order valence-electron chi connectivity index (χ2n) is 1.75. The molecule has 2 nitrogen and oxygen atoms in total. The van der Waals surface area contributed by atoms with Crippen molar-refractivity contribution in [3.8, 4) is 0 Å². The zero-order valence-electron chi connectivity index (χ0n) is 9.16. The topological polar surface area (TPSA) is 39.8 Å². The molecular weight excluding hydrogens is 294 g/mol. The Morgan fingerprint density at radius 3 is 0.889 bits per heavy atom. The molecule has 0 aromatic heterocycles. The summed E-state index contributed by atoms with van der Waals surface area (Å²) in [7, 11) is -6.00. The molecule has 1 fully saturated rings. The number of halogens is 4. The van der Waals surface area contributed by atoms with Crippen molar-refractivity contribution in [1.29, 1.82) is 0 Å². The Labute approximate surface area is 117 Å². The van der Waals surface area contributed by atoms with Crippen LogP contribution in [0.5, 0.6) is 0 Å². The number of hydrogen-bond acceptors (Lipinski definition) is 0. The summed E-state index contributed by atoms with van der Waals surface area (Å²) in [5.74, 6) is 0. The Kier molecular flexibility index (Phi) is 51.3. The number of hydrogen-bond donors (Lipinski definition) is 0. The first-order valence-corrected chi connectivity index (χ1v) is 3.76. The molecule has 0 spiro atoms. The summed E-state index contributed by atoms with van der Waals surface area (Å²) in [5.41, 5.74) is 0. The van der Waals surface area contributed by atoms with Crippen LogP contribution in [-0.4, -0.2) is 7.25 Å². The Bertz CT molecular complexity index is 139. The molecule has 1 rings (SSSR count). The summed E-state index contributed by atoms with van der Waals surface area (Å²) in [4.78, 5) is 0. The van der Waals surface area contributed by atoms with Crippen LogP contribution in [0, 0.1) is 65.7 Å². The van der Waals surface area contributed by atoms with Gasteiger partial charge in [0.05, 0.1) is 0 Å². The van der Waals surface area contributed by atoms with E-state index in [0.717, 1.165) is 0 Å². The molecule has 18 heavy (non-hydrogen) atoms. The molecule has 0 aromatic rings. The minimum absolute atomic E-state index is 0. The first-order valence-electron chi connectivity index (χ1n) is 3.76. The molecule has 0 bridgehead atoms. The Morgan fingerprint density at radius 2 is 0.833 bits per heavy atom. The normalized spacial score (nSPS) is 11.2. The van der Waals surface area contributed by atoms with Crippen LogP contribution in [0.15, 0.2) is 0 Å². The van der Waals surface area contributed by atoms with Gasteiger partial charge in [0, 0.05) is 17.1 Å². The summed E-state index contributed by atoms with van der Waals surface area (Å²) < 4.78 is 54.0. The van der Waals surface area contributed by atoms with E-state index in [0.29, 0.717) is 0 Å². The summed E-state index contributed by atoms with van der Waals surface area (Å²) in [6.07, 6.45) is 11.5. The van der Waals surface area contributed by atoms with Crippen LogP contribution in [-0.2, 0) is 26.4 Å². The molecule has 101 valence electrons. The van der Waals surface area contributed by atoms with E-state index in [1.807, 2.05) is 32.1 Å². The minimum atomic E-state index is -6.00. The average Bonchev–Trinajstić information content (AvgIpc) is 2.80. The summed E-state index contributed by atoms with van der Waals surface area (Å²) in [6.45, 7) is 15.5. The van der Waals surface area contributed by atoms with E-state index in [1.54, 1.807) is 0 Å². The van der Waals surface area contributed by atoms with Gasteiger partial charge in [-0.05, 0) is 52.4 Å². The quantitative estimate of drug-likeness (QED) is 0.285. The van der Waals surface area contributed by atoms with Gasteiger partial charge in [0.1, 0.15) is 0 Å². The second-order valence-corrected chi connectivity index (χ2v) is 1.75. The SMILES string of the molecule is F[B-](F)(F)F.[C-]#[O+].[C-]#[O+].[CH2][CH][CH2].[CH]1[CH][CH][CH][CH]1.[Mn]. The van der Waals surface area contributed by atoms with Crippen molar-refractivity contribution in [2.24, 2.45) is 0 Å². The molecule has 0 aliphatic heterocycles. The molecule has 0 unspecified atom stereocenters. The number of rotatable bonds is 0. The van der Waals surface area contributed by atoms with Gasteiger partial charge >= 0.3 is 29.9 Å². The van der Waals surface area contributed by atoms with Crippen LogP contribution < -0.4 is 0 Å². The first-order chi connectivity index (χ1) is 7.91. The molecule has 0 N–H and O–H groups in total. The molecular formula is C10H10BF4MnO2-. The molecule has 0 amide bonds. The first kappa shape index (κ1) is 30.7. The standard InChI is InChI=1S/C5H5.C3H5.2CO.BF4.Mn/c1-2-4-5-3-1;1-3-2;2*1-2;2-1(3,4)5;/h1-5H;3H,1-2H2;;;;/q;;;;-1;. The van der Waals surface area contributed by atoms with Crippen molar-refractivity contribution in [3.05, 3.63) is 65.7 Å². The molecule has 0 saturated heterocycles. The van der Waals surface area contributed by atoms with Gasteiger partial charge in [-0.15, -0.1) is 0 Å². The predicted octanol–water partition coefficient (Wildman–Crippen LogP) is 3.10. The fraction of sp³-hybridized carbons (Fsp3) is 0. The third kappa shape index (κ3) is 151. The monoisotopic (exact) mass is 304 g/mol. The van der Waals surface area contributed by atoms with Crippen LogP contribution in [0.4, 0.5) is 17.3 Å². The molecule has 8 heteroatoms. The fourth-order valence-electron chi connectivity index (χ4n) is 0.321. The summed E-state index contributed by atoms with van der Waals surface area (Å²) >= 11 is 0. The third-order valence-corrected chi connectivity index (χ3v) is 0.556. The molecule has 1 aliphatic rings. The minimum Gasteiger partial charge on any atom is -0.0499 e. The molecule has 9 radical (unpaired) electrons. The van der Waals surface area contributed by atoms with Gasteiger partial charge in [-0.1, -0.05) is 0 Å². The van der Waals surface area contributed by atoms with Crippen LogP contribution in [0.2, 0.25) is 0 Å². The fourth-order valence-corrected chi connectivity index (χ4v) is 0.321. The van der Waals surface area contributed by atoms with E-state index in [-0.39, 0.29) is 17.1 Å². The smallest absolute Gasteiger partial charge is 0 e. The molecule has 0 atom stereocenters. The van der Waals surface area contributed by atoms with Crippen molar-refractivity contribution < 1.29 is 43.6 Å². The van der Waals surface area contributed by atoms with Gasteiger partial charge in [-0.3, -0.25) is 0 Å². The zero-order chi connectivity index (χ0) is 14.7. The van der Waals surface area contributed by atoms with E-state index in [2.05, 4.69) is 27.1 Å². The van der Waals surface area contributed by atoms with E-state index in [1.165, 1.54) is 6.42 Å². The molecule has 0 aromatic carbocycles. The Hall–Kier alpha value is -0.216. The summed E-state index contributed by atoms with van der Waals surface area (Å²) in [5, 5.41) is 0. The average molecular weight is 304 g/mol. The van der Waals surface area contributed by atoms with E-state index in [9.17, 15) is 17.3 Å². The van der Waals surface area contributed by atoms with Gasteiger partial charge in [0.15, 0.2) is 0 Å². The summed E-state index contributed by atoms with van der Waals surface area (Å²) in [6, 6.07) is 0. The van der Waals surface area contributed by atoms with Crippen LogP contribution in [0.3, 0.4) is 0 Å². The molecule has 1 saturated carbocycles. The maximum atomic E-state index is 9.75. The molecule has 1 aliphatic carbocycles. The van der Waals surface area contributed by atoms with Gasteiger partial charge in [-0.25, -0.2) is 0 Å². The predicted molar refractivity (Wildman–Crippen MR) is 54.6 cm³/mol. The van der Waals surface area contributed by atoms with Crippen molar-refractivity contribution in [3.63, 3.8) is 0 Å². The van der Waals surface area contributed by atoms with Crippen molar-refractivity contribution in [2.45, 2.75) is 0 Å². The Balaban J connectivity index is -0.0000000412. The largest absolute Gasteiger partial charge is 0.0499 e. The van der Waals surface area contributed by atoms with Crippen molar-refractivity contribution in [2.75, 3.05) is 0 Å².